The minimum Gasteiger partial charge on any atom is -0.462 e. The second-order valence-corrected chi connectivity index (χ2v) is 6.25. The smallest absolute Gasteiger partial charge is 0.340 e. The molecule has 2 aromatic rings. The molecule has 0 bridgehead atoms. The summed E-state index contributed by atoms with van der Waals surface area (Å²) in [6.07, 6.45) is 0. The van der Waals surface area contributed by atoms with Crippen LogP contribution < -0.4 is 9.80 Å². The Morgan fingerprint density at radius 2 is 1.15 bits per heavy atom. The van der Waals surface area contributed by atoms with E-state index >= 15 is 0 Å². The Hall–Kier alpha value is -2.76. The lowest BCUT2D eigenvalue weighted by Crippen LogP contribution is -2.20. The molecule has 2 aromatic carbocycles. The molecule has 0 radical (unpaired) electrons. The summed E-state index contributed by atoms with van der Waals surface area (Å²) in [5.41, 5.74) is 2.37. The molecule has 6 nitrogen and oxygen atoms in total. The van der Waals surface area contributed by atoms with Crippen LogP contribution in [0.2, 0.25) is 0 Å². The fourth-order valence-electron chi connectivity index (χ4n) is 3.06. The monoisotopic (exact) mass is 358 g/mol. The van der Waals surface area contributed by atoms with Crippen molar-refractivity contribution in [3.05, 3.63) is 35.4 Å². The van der Waals surface area contributed by atoms with E-state index in [0.29, 0.717) is 24.3 Å². The lowest BCUT2D eigenvalue weighted by atomic mass is 9.97. The number of hydrogen-bond donors (Lipinski definition) is 0. The van der Waals surface area contributed by atoms with Gasteiger partial charge in [0.1, 0.15) is 0 Å². The van der Waals surface area contributed by atoms with Crippen LogP contribution in [0.1, 0.15) is 34.6 Å². The van der Waals surface area contributed by atoms with Gasteiger partial charge in [0.05, 0.1) is 35.7 Å². The molecule has 2 rings (SSSR count). The molecule has 0 unspecified atom stereocenters. The summed E-state index contributed by atoms with van der Waals surface area (Å²) < 4.78 is 10.4. The van der Waals surface area contributed by atoms with Gasteiger partial charge in [-0.15, -0.1) is 0 Å². The van der Waals surface area contributed by atoms with Gasteiger partial charge in [0.15, 0.2) is 0 Å². The van der Waals surface area contributed by atoms with Gasteiger partial charge in [-0.1, -0.05) is 12.1 Å². The average Bonchev–Trinajstić information content (AvgIpc) is 2.59. The Morgan fingerprint density at radius 1 is 0.769 bits per heavy atom. The quantitative estimate of drug-likeness (QED) is 0.738. The zero-order chi connectivity index (χ0) is 19.4. The highest BCUT2D eigenvalue weighted by molar-refractivity contribution is 6.15. The molecule has 0 aromatic heterocycles. The third-order valence-corrected chi connectivity index (χ3v) is 4.02. The van der Waals surface area contributed by atoms with Crippen LogP contribution in [-0.4, -0.2) is 53.3 Å². The van der Waals surface area contributed by atoms with Gasteiger partial charge in [0.25, 0.3) is 0 Å². The molecular weight excluding hydrogens is 332 g/mol. The van der Waals surface area contributed by atoms with Crippen LogP contribution in [0.3, 0.4) is 0 Å². The molecule has 0 saturated carbocycles. The number of esters is 2. The van der Waals surface area contributed by atoms with E-state index in [2.05, 4.69) is 0 Å². The first-order chi connectivity index (χ1) is 12.3. The molecule has 0 heterocycles. The zero-order valence-corrected chi connectivity index (χ0v) is 16.3. The van der Waals surface area contributed by atoms with Crippen molar-refractivity contribution in [3.63, 3.8) is 0 Å². The van der Waals surface area contributed by atoms with Crippen LogP contribution >= 0.6 is 0 Å². The Balaban J connectivity index is 2.90. The predicted molar refractivity (Wildman–Crippen MR) is 105 cm³/mol. The van der Waals surface area contributed by atoms with E-state index in [1.54, 1.807) is 26.0 Å². The maximum Gasteiger partial charge on any atom is 0.340 e. The fourth-order valence-corrected chi connectivity index (χ4v) is 3.06. The third-order valence-electron chi connectivity index (χ3n) is 4.02. The number of fused-ring (bicyclic) bond motifs is 1. The Kier molecular flexibility index (Phi) is 6.08. The van der Waals surface area contributed by atoms with Gasteiger partial charge in [0.2, 0.25) is 0 Å². The van der Waals surface area contributed by atoms with E-state index in [0.717, 1.165) is 22.1 Å². The van der Waals surface area contributed by atoms with E-state index in [4.69, 9.17) is 9.47 Å². The van der Waals surface area contributed by atoms with Crippen molar-refractivity contribution in [2.45, 2.75) is 13.8 Å². The maximum atomic E-state index is 12.5. The summed E-state index contributed by atoms with van der Waals surface area (Å²) in [5, 5.41) is 1.75. The molecule has 0 spiro atoms. The molecule has 0 fully saturated rings. The minimum absolute atomic E-state index is 0.299. The first-order valence-corrected chi connectivity index (χ1v) is 8.62. The summed E-state index contributed by atoms with van der Waals surface area (Å²) in [4.78, 5) is 28.7. The SMILES string of the molecule is CCOC(=O)c1ccc2ccc(C(=O)OCC)c(N(C)C)c2c1N(C)C. The van der Waals surface area contributed by atoms with Crippen molar-refractivity contribution in [2.24, 2.45) is 0 Å². The van der Waals surface area contributed by atoms with E-state index in [-0.39, 0.29) is 11.9 Å². The summed E-state index contributed by atoms with van der Waals surface area (Å²) in [7, 11) is 7.48. The average molecular weight is 358 g/mol. The molecule has 0 N–H and O–H groups in total. The van der Waals surface area contributed by atoms with Crippen LogP contribution in [-0.2, 0) is 9.47 Å². The summed E-state index contributed by atoms with van der Waals surface area (Å²) in [6.45, 7) is 4.15. The van der Waals surface area contributed by atoms with Crippen LogP contribution in [0, 0.1) is 0 Å². The lowest BCUT2D eigenvalue weighted by molar-refractivity contribution is 0.0518. The number of benzene rings is 2. The van der Waals surface area contributed by atoms with Gasteiger partial charge >= 0.3 is 11.9 Å². The van der Waals surface area contributed by atoms with Crippen LogP contribution in [0.15, 0.2) is 24.3 Å². The summed E-state index contributed by atoms with van der Waals surface area (Å²) in [5.74, 6) is -0.770. The zero-order valence-electron chi connectivity index (χ0n) is 16.3. The van der Waals surface area contributed by atoms with E-state index < -0.39 is 0 Å². The molecule has 6 heteroatoms. The maximum absolute atomic E-state index is 12.5. The fraction of sp³-hybridized carbons (Fsp3) is 0.400. The molecular formula is C20H26N2O4. The molecule has 26 heavy (non-hydrogen) atoms. The van der Waals surface area contributed by atoms with Gasteiger partial charge in [0, 0.05) is 33.6 Å². The molecule has 0 amide bonds. The van der Waals surface area contributed by atoms with Crippen molar-refractivity contribution >= 4 is 34.1 Å². The van der Waals surface area contributed by atoms with Crippen LogP contribution in [0.25, 0.3) is 10.8 Å². The number of carbonyl (C=O) groups is 2. The molecule has 140 valence electrons. The van der Waals surface area contributed by atoms with Gasteiger partial charge in [-0.25, -0.2) is 9.59 Å². The highest BCUT2D eigenvalue weighted by atomic mass is 16.5. The number of anilines is 2. The highest BCUT2D eigenvalue weighted by Gasteiger charge is 2.24. The van der Waals surface area contributed by atoms with Crippen LogP contribution in [0.5, 0.6) is 0 Å². The second kappa shape index (κ2) is 8.08. The third kappa shape index (κ3) is 3.59. The lowest BCUT2D eigenvalue weighted by Gasteiger charge is -2.25. The summed E-state index contributed by atoms with van der Waals surface area (Å²) in [6, 6.07) is 7.27. The van der Waals surface area contributed by atoms with Gasteiger partial charge < -0.3 is 19.3 Å². The van der Waals surface area contributed by atoms with Gasteiger partial charge in [-0.3, -0.25) is 0 Å². The number of hydrogen-bond acceptors (Lipinski definition) is 6. The standard InChI is InChI=1S/C20H26N2O4/c1-7-25-19(23)14-11-9-13-10-12-15(20(24)26-8-2)18(22(5)6)16(13)17(14)21(3)4/h9-12H,7-8H2,1-6H3. The Labute approximate surface area is 154 Å². The van der Waals surface area contributed by atoms with Crippen molar-refractivity contribution in [1.29, 1.82) is 0 Å². The second-order valence-electron chi connectivity index (χ2n) is 6.25. The minimum atomic E-state index is -0.385. The Bertz CT molecular complexity index is 763. The van der Waals surface area contributed by atoms with Crippen molar-refractivity contribution < 1.29 is 19.1 Å². The van der Waals surface area contributed by atoms with Crippen LogP contribution in [0.4, 0.5) is 11.4 Å². The normalized spacial score (nSPS) is 10.5. The summed E-state index contributed by atoms with van der Waals surface area (Å²) >= 11 is 0. The van der Waals surface area contributed by atoms with Crippen molar-refractivity contribution in [1.82, 2.24) is 0 Å². The number of carbonyl (C=O) groups excluding carboxylic acids is 2. The first-order valence-electron chi connectivity index (χ1n) is 8.62. The van der Waals surface area contributed by atoms with Gasteiger partial charge in [-0.05, 0) is 31.4 Å². The molecule has 0 saturated heterocycles. The topological polar surface area (TPSA) is 59.1 Å². The van der Waals surface area contributed by atoms with E-state index in [9.17, 15) is 9.59 Å². The number of ether oxygens (including phenoxy) is 2. The van der Waals surface area contributed by atoms with E-state index in [1.165, 1.54) is 0 Å². The van der Waals surface area contributed by atoms with Crippen molar-refractivity contribution in [2.75, 3.05) is 51.2 Å². The predicted octanol–water partition coefficient (Wildman–Crippen LogP) is 3.33. The number of nitrogens with zero attached hydrogens (tertiary/aromatic N) is 2. The van der Waals surface area contributed by atoms with Gasteiger partial charge in [-0.2, -0.15) is 0 Å². The number of rotatable bonds is 6. The Morgan fingerprint density at radius 3 is 1.46 bits per heavy atom. The highest BCUT2D eigenvalue weighted by Crippen LogP contribution is 2.39. The largest absolute Gasteiger partial charge is 0.462 e. The molecule has 0 aliphatic rings. The molecule has 0 atom stereocenters. The first kappa shape index (κ1) is 19.6. The van der Waals surface area contributed by atoms with Crippen molar-refractivity contribution in [3.8, 4) is 0 Å². The molecule has 0 aliphatic carbocycles. The van der Waals surface area contributed by atoms with E-state index in [1.807, 2.05) is 50.1 Å². The molecule has 0 aliphatic heterocycles.